The predicted molar refractivity (Wildman–Crippen MR) is 124 cm³/mol. The zero-order chi connectivity index (χ0) is 24.7. The fraction of sp³-hybridized carbons (Fsp3) is 0.364. The number of non-ortho nitro benzene ring substituents is 1. The van der Waals surface area contributed by atoms with Gasteiger partial charge in [0.1, 0.15) is 0 Å². The monoisotopic (exact) mass is 489 g/mol. The third-order valence-electron chi connectivity index (χ3n) is 5.51. The third kappa shape index (κ3) is 6.59. The van der Waals surface area contributed by atoms with Crippen LogP contribution in [-0.2, 0) is 26.2 Å². The highest BCUT2D eigenvalue weighted by Crippen LogP contribution is 2.20. The van der Waals surface area contributed by atoms with Crippen molar-refractivity contribution in [2.45, 2.75) is 18.4 Å². The number of hydrogen-bond donors (Lipinski definition) is 2. The van der Waals surface area contributed by atoms with Gasteiger partial charge >= 0.3 is 11.8 Å². The first-order chi connectivity index (χ1) is 16.2. The quantitative estimate of drug-likeness (QED) is 0.315. The van der Waals surface area contributed by atoms with Crippen molar-refractivity contribution in [2.75, 3.05) is 39.3 Å². The molecule has 182 valence electrons. The molecule has 0 saturated carbocycles. The molecule has 2 aromatic carbocycles. The molecule has 1 fully saturated rings. The first-order valence-electron chi connectivity index (χ1n) is 10.8. The van der Waals surface area contributed by atoms with Crippen LogP contribution in [0.3, 0.4) is 0 Å². The number of nitrogens with one attached hydrogen (secondary N) is 2. The van der Waals surface area contributed by atoms with E-state index < -0.39 is 26.8 Å². The first kappa shape index (κ1) is 25.3. The molecule has 11 nitrogen and oxygen atoms in total. The molecule has 12 heteroatoms. The highest BCUT2D eigenvalue weighted by Gasteiger charge is 2.28. The third-order valence-corrected chi connectivity index (χ3v) is 7.42. The Morgan fingerprint density at radius 3 is 2.12 bits per heavy atom. The molecule has 0 atom stereocenters. The minimum Gasteiger partial charge on any atom is -0.347 e. The van der Waals surface area contributed by atoms with Gasteiger partial charge in [0.2, 0.25) is 10.0 Å². The maximum absolute atomic E-state index is 12.8. The van der Waals surface area contributed by atoms with E-state index in [4.69, 9.17) is 0 Å². The highest BCUT2D eigenvalue weighted by atomic mass is 32.2. The molecule has 0 unspecified atom stereocenters. The summed E-state index contributed by atoms with van der Waals surface area (Å²) in [5.41, 5.74) is 1.83. The van der Waals surface area contributed by atoms with Crippen molar-refractivity contribution in [2.24, 2.45) is 0 Å². The van der Waals surface area contributed by atoms with Gasteiger partial charge in [0.15, 0.2) is 0 Å². The summed E-state index contributed by atoms with van der Waals surface area (Å²) in [5, 5.41) is 15.9. The highest BCUT2D eigenvalue weighted by molar-refractivity contribution is 7.89. The van der Waals surface area contributed by atoms with E-state index in [-0.39, 0.29) is 36.8 Å². The summed E-state index contributed by atoms with van der Waals surface area (Å²) in [4.78, 5) is 36.1. The fourth-order valence-corrected chi connectivity index (χ4v) is 4.88. The van der Waals surface area contributed by atoms with Crippen LogP contribution >= 0.6 is 0 Å². The first-order valence-corrected chi connectivity index (χ1v) is 12.2. The van der Waals surface area contributed by atoms with Gasteiger partial charge in [0, 0.05) is 57.9 Å². The Bertz CT molecular complexity index is 1130. The Morgan fingerprint density at radius 2 is 1.53 bits per heavy atom. The Morgan fingerprint density at radius 1 is 0.941 bits per heavy atom. The fourth-order valence-electron chi connectivity index (χ4n) is 3.46. The second kappa shape index (κ2) is 11.2. The topological polar surface area (TPSA) is 142 Å². The molecule has 0 bridgehead atoms. The zero-order valence-corrected chi connectivity index (χ0v) is 19.6. The van der Waals surface area contributed by atoms with Gasteiger partial charge in [-0.2, -0.15) is 4.31 Å². The molecule has 2 N–H and O–H groups in total. The van der Waals surface area contributed by atoms with Gasteiger partial charge in [-0.15, -0.1) is 0 Å². The van der Waals surface area contributed by atoms with Crippen molar-refractivity contribution in [3.63, 3.8) is 0 Å². The van der Waals surface area contributed by atoms with E-state index in [0.29, 0.717) is 19.6 Å². The molecule has 34 heavy (non-hydrogen) atoms. The van der Waals surface area contributed by atoms with E-state index in [1.165, 1.54) is 28.6 Å². The molecule has 1 saturated heterocycles. The smallest absolute Gasteiger partial charge is 0.309 e. The van der Waals surface area contributed by atoms with Crippen molar-refractivity contribution >= 4 is 27.5 Å². The number of carbonyl (C=O) groups excluding carboxylic acids is 2. The second-order valence-electron chi connectivity index (χ2n) is 7.92. The minimum absolute atomic E-state index is 0.00969. The number of amides is 2. The van der Waals surface area contributed by atoms with Crippen LogP contribution < -0.4 is 10.6 Å². The summed E-state index contributed by atoms with van der Waals surface area (Å²) in [6.45, 7) is 4.39. The Labute approximate surface area is 197 Å². The van der Waals surface area contributed by atoms with E-state index in [2.05, 4.69) is 10.6 Å². The lowest BCUT2D eigenvalue weighted by Crippen LogP contribution is -2.50. The van der Waals surface area contributed by atoms with Crippen molar-refractivity contribution in [3.8, 4) is 0 Å². The van der Waals surface area contributed by atoms with Crippen LogP contribution in [0.25, 0.3) is 0 Å². The van der Waals surface area contributed by atoms with Gasteiger partial charge in [-0.05, 0) is 24.6 Å². The average molecular weight is 490 g/mol. The number of sulfonamides is 1. The summed E-state index contributed by atoms with van der Waals surface area (Å²) < 4.78 is 26.9. The molecule has 1 aliphatic rings. The Balaban J connectivity index is 1.39. The number of piperazine rings is 1. The van der Waals surface area contributed by atoms with Crippen LogP contribution in [-0.4, -0.2) is 73.6 Å². The predicted octanol–water partition coefficient (Wildman–Crippen LogP) is 0.642. The lowest BCUT2D eigenvalue weighted by atomic mass is 10.1. The lowest BCUT2D eigenvalue weighted by molar-refractivity contribution is -0.384. The minimum atomic E-state index is -3.74. The van der Waals surface area contributed by atoms with Gasteiger partial charge in [0.25, 0.3) is 5.69 Å². The van der Waals surface area contributed by atoms with E-state index in [1.54, 1.807) is 0 Å². The molecule has 2 aromatic rings. The number of carbonyl (C=O) groups is 2. The van der Waals surface area contributed by atoms with Crippen LogP contribution in [0.15, 0.2) is 53.4 Å². The van der Waals surface area contributed by atoms with Crippen molar-refractivity contribution in [1.82, 2.24) is 19.8 Å². The molecular formula is C22H27N5O6S. The summed E-state index contributed by atoms with van der Waals surface area (Å²) in [5.74, 6) is -1.42. The number of benzene rings is 2. The second-order valence-corrected chi connectivity index (χ2v) is 9.86. The van der Waals surface area contributed by atoms with Crippen molar-refractivity contribution in [1.29, 1.82) is 0 Å². The van der Waals surface area contributed by atoms with E-state index >= 15 is 0 Å². The van der Waals surface area contributed by atoms with Gasteiger partial charge in [-0.1, -0.05) is 29.8 Å². The summed E-state index contributed by atoms with van der Waals surface area (Å²) in [6, 6.07) is 12.4. The largest absolute Gasteiger partial charge is 0.347 e. The standard InChI is InChI=1S/C22H27N5O6S/c1-17-2-4-18(5-3-17)16-24-22(29)21(28)23-10-11-25-12-14-26(15-13-25)34(32,33)20-8-6-19(7-9-20)27(30)31/h2-9H,10-16H2,1H3,(H,23,28)(H,24,29). The molecule has 2 amide bonds. The van der Waals surface area contributed by atoms with Crippen LogP contribution in [0.4, 0.5) is 5.69 Å². The number of hydrogen-bond acceptors (Lipinski definition) is 7. The Hall–Kier alpha value is -3.35. The van der Waals surface area contributed by atoms with E-state index in [1.807, 2.05) is 36.1 Å². The van der Waals surface area contributed by atoms with Gasteiger partial charge < -0.3 is 10.6 Å². The number of nitro benzene ring substituents is 1. The van der Waals surface area contributed by atoms with E-state index in [0.717, 1.165) is 11.1 Å². The molecule has 0 aromatic heterocycles. The van der Waals surface area contributed by atoms with Crippen LogP contribution in [0.2, 0.25) is 0 Å². The number of rotatable bonds is 8. The molecule has 0 aliphatic carbocycles. The number of nitrogens with zero attached hydrogens (tertiary/aromatic N) is 3. The number of aryl methyl sites for hydroxylation is 1. The number of nitro groups is 1. The molecule has 1 heterocycles. The molecule has 0 radical (unpaired) electrons. The van der Waals surface area contributed by atoms with Crippen LogP contribution in [0, 0.1) is 17.0 Å². The van der Waals surface area contributed by atoms with Crippen molar-refractivity contribution < 1.29 is 22.9 Å². The molecular weight excluding hydrogens is 462 g/mol. The maximum Gasteiger partial charge on any atom is 0.309 e. The molecule has 0 spiro atoms. The normalized spacial score (nSPS) is 15.0. The summed E-state index contributed by atoms with van der Waals surface area (Å²) in [7, 11) is -3.74. The maximum atomic E-state index is 12.8. The van der Waals surface area contributed by atoms with Gasteiger partial charge in [0.05, 0.1) is 9.82 Å². The van der Waals surface area contributed by atoms with E-state index in [9.17, 15) is 28.1 Å². The van der Waals surface area contributed by atoms with Crippen LogP contribution in [0.5, 0.6) is 0 Å². The lowest BCUT2D eigenvalue weighted by Gasteiger charge is -2.33. The summed E-state index contributed by atoms with van der Waals surface area (Å²) >= 11 is 0. The van der Waals surface area contributed by atoms with Gasteiger partial charge in [-0.3, -0.25) is 24.6 Å². The Kier molecular flexibility index (Phi) is 8.31. The average Bonchev–Trinajstić information content (AvgIpc) is 2.83. The SMILES string of the molecule is Cc1ccc(CNC(=O)C(=O)NCCN2CCN(S(=O)(=O)c3ccc([N+](=O)[O-])cc3)CC2)cc1. The van der Waals surface area contributed by atoms with Crippen molar-refractivity contribution in [3.05, 3.63) is 69.8 Å². The molecule has 1 aliphatic heterocycles. The van der Waals surface area contributed by atoms with Crippen LogP contribution in [0.1, 0.15) is 11.1 Å². The zero-order valence-electron chi connectivity index (χ0n) is 18.8. The molecule has 3 rings (SSSR count). The van der Waals surface area contributed by atoms with Gasteiger partial charge in [-0.25, -0.2) is 8.42 Å². The summed E-state index contributed by atoms with van der Waals surface area (Å²) in [6.07, 6.45) is 0.